The first-order valence-electron chi connectivity index (χ1n) is 9.63. The van der Waals surface area contributed by atoms with Gasteiger partial charge in [0.05, 0.1) is 17.1 Å². The zero-order chi connectivity index (χ0) is 22.5. The van der Waals surface area contributed by atoms with E-state index >= 15 is 0 Å². The molecular formula is C22H19BrN4O4S. The molecule has 0 atom stereocenters. The minimum Gasteiger partial charge on any atom is -0.504 e. The van der Waals surface area contributed by atoms with Crippen LogP contribution in [0.1, 0.15) is 21.5 Å². The topological polar surface area (TPSA) is 106 Å². The highest BCUT2D eigenvalue weighted by Crippen LogP contribution is 2.41. The summed E-state index contributed by atoms with van der Waals surface area (Å²) in [6.07, 6.45) is 6.73. The summed E-state index contributed by atoms with van der Waals surface area (Å²) >= 11 is 4.76. The lowest BCUT2D eigenvalue weighted by molar-refractivity contribution is 0.104. The van der Waals surface area contributed by atoms with Gasteiger partial charge in [-0.2, -0.15) is 0 Å². The third kappa shape index (κ3) is 5.09. The Morgan fingerprint density at radius 1 is 1.25 bits per heavy atom. The van der Waals surface area contributed by atoms with Gasteiger partial charge in [-0.25, -0.2) is 15.0 Å². The first-order valence-corrected chi connectivity index (χ1v) is 11.2. The summed E-state index contributed by atoms with van der Waals surface area (Å²) in [4.78, 5) is 25.9. The van der Waals surface area contributed by atoms with E-state index in [0.717, 1.165) is 5.56 Å². The number of nitrogens with one attached hydrogen (secondary N) is 1. The standard InChI is InChI=1S/C22H19BrN4O4S/c1-30-6-5-25-22-26-10-13(11-27-22)12-31-18-7-14(16(23)9-17(18)28)8-19-20(29)15-3-2-4-24-21(15)32-19/h2-4,7-11,28H,5-6,12H2,1H3,(H,25,26,27)/b19-8-. The molecule has 4 rings (SSSR count). The number of thioether (sulfide) groups is 1. The van der Waals surface area contributed by atoms with Crippen molar-refractivity contribution in [2.24, 2.45) is 0 Å². The van der Waals surface area contributed by atoms with E-state index < -0.39 is 0 Å². The number of Topliss-reactive ketones (excluding diaryl/α,β-unsaturated/α-hetero) is 1. The number of pyridine rings is 1. The predicted octanol–water partition coefficient (Wildman–Crippen LogP) is 4.31. The summed E-state index contributed by atoms with van der Waals surface area (Å²) in [7, 11) is 1.63. The smallest absolute Gasteiger partial charge is 0.222 e. The maximum Gasteiger partial charge on any atom is 0.222 e. The van der Waals surface area contributed by atoms with Gasteiger partial charge in [-0.3, -0.25) is 4.79 Å². The van der Waals surface area contributed by atoms with Gasteiger partial charge in [0.2, 0.25) is 11.7 Å². The van der Waals surface area contributed by atoms with Crippen molar-refractivity contribution in [3.05, 3.63) is 68.9 Å². The predicted molar refractivity (Wildman–Crippen MR) is 125 cm³/mol. The second-order valence-corrected chi connectivity index (χ2v) is 8.65. The summed E-state index contributed by atoms with van der Waals surface area (Å²) in [6, 6.07) is 6.72. The van der Waals surface area contributed by atoms with Crippen LogP contribution in [-0.2, 0) is 11.3 Å². The molecule has 1 aliphatic rings. The molecule has 0 bridgehead atoms. The first kappa shape index (κ1) is 22.3. The molecule has 2 aromatic heterocycles. The monoisotopic (exact) mass is 514 g/mol. The molecule has 0 aliphatic carbocycles. The van der Waals surface area contributed by atoms with Gasteiger partial charge in [-0.05, 0) is 35.9 Å². The van der Waals surface area contributed by atoms with E-state index in [0.29, 0.717) is 44.6 Å². The van der Waals surface area contributed by atoms with Crippen molar-refractivity contribution in [3.8, 4) is 11.5 Å². The number of hydrogen-bond acceptors (Lipinski definition) is 9. The number of fused-ring (bicyclic) bond motifs is 1. The van der Waals surface area contributed by atoms with Crippen LogP contribution in [0.25, 0.3) is 6.08 Å². The minimum absolute atomic E-state index is 0.0202. The Kier molecular flexibility index (Phi) is 7.03. The fourth-order valence-electron chi connectivity index (χ4n) is 2.90. The van der Waals surface area contributed by atoms with E-state index in [-0.39, 0.29) is 23.9 Å². The molecule has 1 aromatic carbocycles. The number of nitrogens with zero attached hydrogens (tertiary/aromatic N) is 3. The molecule has 2 N–H and O–H groups in total. The number of phenols is 1. The lowest BCUT2D eigenvalue weighted by atomic mass is 10.1. The highest BCUT2D eigenvalue weighted by Gasteiger charge is 2.27. The highest BCUT2D eigenvalue weighted by atomic mass is 79.9. The number of aromatic hydroxyl groups is 1. The van der Waals surface area contributed by atoms with Crippen LogP contribution in [0, 0.1) is 0 Å². The SMILES string of the molecule is COCCNc1ncc(COc2cc(/C=C3\Sc4ncccc4C3=O)c(Br)cc2O)cn1. The van der Waals surface area contributed by atoms with E-state index in [2.05, 4.69) is 36.2 Å². The molecule has 3 aromatic rings. The van der Waals surface area contributed by atoms with Crippen molar-refractivity contribution in [1.82, 2.24) is 15.0 Å². The first-order chi connectivity index (χ1) is 15.5. The van der Waals surface area contributed by atoms with Crippen molar-refractivity contribution in [2.45, 2.75) is 11.6 Å². The van der Waals surface area contributed by atoms with Crippen LogP contribution in [0.5, 0.6) is 11.5 Å². The van der Waals surface area contributed by atoms with Gasteiger partial charge in [-0.1, -0.05) is 27.7 Å². The normalized spacial score (nSPS) is 13.9. The van der Waals surface area contributed by atoms with Crippen molar-refractivity contribution in [3.63, 3.8) is 0 Å². The number of carbonyl (C=O) groups is 1. The van der Waals surface area contributed by atoms with E-state index in [4.69, 9.17) is 9.47 Å². The van der Waals surface area contributed by atoms with Gasteiger partial charge < -0.3 is 19.9 Å². The number of benzene rings is 1. The molecule has 0 saturated heterocycles. The van der Waals surface area contributed by atoms with Crippen molar-refractivity contribution in [2.75, 3.05) is 25.6 Å². The fourth-order valence-corrected chi connectivity index (χ4v) is 4.32. The maximum atomic E-state index is 12.6. The number of halogens is 1. The van der Waals surface area contributed by atoms with Crippen LogP contribution in [0.15, 0.2) is 57.3 Å². The Morgan fingerprint density at radius 2 is 2.06 bits per heavy atom. The van der Waals surface area contributed by atoms with Crippen LogP contribution in [0.3, 0.4) is 0 Å². The number of carbonyl (C=O) groups excluding carboxylic acids is 1. The maximum absolute atomic E-state index is 12.6. The number of methoxy groups -OCH3 is 1. The summed E-state index contributed by atoms with van der Waals surface area (Å²) in [5, 5.41) is 14.0. The second-order valence-electron chi connectivity index (χ2n) is 6.76. The number of phenolic OH excluding ortho intramolecular Hbond substituents is 1. The summed E-state index contributed by atoms with van der Waals surface area (Å²) in [5.74, 6) is 0.693. The Bertz CT molecular complexity index is 1170. The van der Waals surface area contributed by atoms with Gasteiger partial charge in [-0.15, -0.1) is 0 Å². The minimum atomic E-state index is -0.0723. The molecule has 0 radical (unpaired) electrons. The summed E-state index contributed by atoms with van der Waals surface area (Å²) < 4.78 is 11.4. The molecule has 0 unspecified atom stereocenters. The zero-order valence-electron chi connectivity index (χ0n) is 17.0. The van der Waals surface area contributed by atoms with Crippen LogP contribution in [-0.4, -0.2) is 46.1 Å². The number of ketones is 1. The van der Waals surface area contributed by atoms with E-state index in [1.54, 1.807) is 50.0 Å². The summed E-state index contributed by atoms with van der Waals surface area (Å²) in [6.45, 7) is 1.34. The van der Waals surface area contributed by atoms with E-state index in [9.17, 15) is 9.90 Å². The molecule has 0 saturated carbocycles. The van der Waals surface area contributed by atoms with Crippen molar-refractivity contribution >= 4 is 45.5 Å². The van der Waals surface area contributed by atoms with Crippen molar-refractivity contribution < 1.29 is 19.4 Å². The van der Waals surface area contributed by atoms with Crippen LogP contribution < -0.4 is 10.1 Å². The highest BCUT2D eigenvalue weighted by molar-refractivity contribution is 9.10. The van der Waals surface area contributed by atoms with Gasteiger partial charge in [0.1, 0.15) is 11.6 Å². The van der Waals surface area contributed by atoms with E-state index in [1.807, 2.05) is 0 Å². The third-order valence-electron chi connectivity index (χ3n) is 4.50. The molecule has 164 valence electrons. The number of ether oxygens (including phenoxy) is 2. The average Bonchev–Trinajstić information content (AvgIpc) is 3.11. The number of rotatable bonds is 8. The largest absolute Gasteiger partial charge is 0.504 e. The third-order valence-corrected chi connectivity index (χ3v) is 6.23. The average molecular weight is 515 g/mol. The summed E-state index contributed by atoms with van der Waals surface area (Å²) in [5.41, 5.74) is 2.04. The Morgan fingerprint density at radius 3 is 2.81 bits per heavy atom. The number of anilines is 1. The fraction of sp³-hybridized carbons (Fsp3) is 0.182. The number of allylic oxidation sites excluding steroid dienone is 1. The van der Waals surface area contributed by atoms with E-state index in [1.165, 1.54) is 17.8 Å². The van der Waals surface area contributed by atoms with Crippen LogP contribution in [0.4, 0.5) is 5.95 Å². The second kappa shape index (κ2) is 10.1. The molecule has 32 heavy (non-hydrogen) atoms. The lowest BCUT2D eigenvalue weighted by Crippen LogP contribution is -2.10. The van der Waals surface area contributed by atoms with Gasteiger partial charge in [0.25, 0.3) is 0 Å². The van der Waals surface area contributed by atoms with Crippen LogP contribution in [0.2, 0.25) is 0 Å². The molecule has 1 aliphatic heterocycles. The zero-order valence-corrected chi connectivity index (χ0v) is 19.4. The quantitative estimate of drug-likeness (QED) is 0.335. The van der Waals surface area contributed by atoms with Gasteiger partial charge >= 0.3 is 0 Å². The number of aromatic nitrogens is 3. The molecule has 0 amide bonds. The Hall–Kier alpha value is -2.95. The number of hydrogen-bond donors (Lipinski definition) is 2. The molecule has 3 heterocycles. The Labute approximate surface area is 197 Å². The molecule has 10 heteroatoms. The molecular weight excluding hydrogens is 496 g/mol. The lowest BCUT2D eigenvalue weighted by Gasteiger charge is -2.11. The van der Waals surface area contributed by atoms with Gasteiger partial charge in [0.15, 0.2) is 11.5 Å². The molecule has 8 nitrogen and oxygen atoms in total. The van der Waals surface area contributed by atoms with Gasteiger partial charge in [0, 0.05) is 42.3 Å². The Balaban J connectivity index is 1.47. The molecule has 0 fully saturated rings. The molecule has 0 spiro atoms. The van der Waals surface area contributed by atoms with Crippen LogP contribution >= 0.6 is 27.7 Å². The van der Waals surface area contributed by atoms with Crippen molar-refractivity contribution in [1.29, 1.82) is 0 Å².